The highest BCUT2D eigenvalue weighted by Gasteiger charge is 2.29. The maximum Gasteiger partial charge on any atom is 0.242 e. The molecule has 1 N–H and O–H groups in total. The van der Waals surface area contributed by atoms with Gasteiger partial charge in [-0.1, -0.05) is 54.2 Å². The van der Waals surface area contributed by atoms with Gasteiger partial charge in [0.25, 0.3) is 0 Å². The van der Waals surface area contributed by atoms with Gasteiger partial charge in [-0.3, -0.25) is 13.9 Å². The Labute approximate surface area is 230 Å². The van der Waals surface area contributed by atoms with Gasteiger partial charge < -0.3 is 10.2 Å². The van der Waals surface area contributed by atoms with Crippen LogP contribution in [0, 0.1) is 6.92 Å². The van der Waals surface area contributed by atoms with Crippen LogP contribution in [0.5, 0.6) is 0 Å². The summed E-state index contributed by atoms with van der Waals surface area (Å²) >= 11 is 12.2. The highest BCUT2D eigenvalue weighted by molar-refractivity contribution is 7.92. The third kappa shape index (κ3) is 8.35. The molecule has 0 aliphatic heterocycles. The lowest BCUT2D eigenvalue weighted by molar-refractivity contribution is -0.141. The Bertz CT molecular complexity index is 1220. The van der Waals surface area contributed by atoms with Crippen LogP contribution in [0.15, 0.2) is 42.5 Å². The van der Waals surface area contributed by atoms with Crippen molar-refractivity contribution in [2.45, 2.75) is 71.0 Å². The molecule has 1 atom stereocenters. The van der Waals surface area contributed by atoms with E-state index in [1.807, 2.05) is 13.0 Å². The van der Waals surface area contributed by atoms with Gasteiger partial charge in [0.05, 0.1) is 22.0 Å². The second-order valence-electron chi connectivity index (χ2n) is 9.71. The first kappa shape index (κ1) is 29.3. The molecule has 1 aliphatic carbocycles. The zero-order chi connectivity index (χ0) is 27.2. The Morgan fingerprint density at radius 2 is 1.78 bits per heavy atom. The van der Waals surface area contributed by atoms with Crippen molar-refractivity contribution >= 4 is 50.7 Å². The predicted octanol–water partition coefficient (Wildman–Crippen LogP) is 5.32. The number of sulfonamides is 1. The molecule has 10 heteroatoms. The molecular formula is C27H35Cl2N3O4S. The van der Waals surface area contributed by atoms with Crippen molar-refractivity contribution in [2.24, 2.45) is 0 Å². The molecule has 0 spiro atoms. The molecule has 1 unspecified atom stereocenters. The standard InChI is InChI=1S/C27H35Cl2N3O4S/c1-19-8-6-11-23(16-19)32(37(3,35)36)15-7-12-26(33)31(18-21-13-14-24(28)25(29)17-21)20(2)27(34)30-22-9-4-5-10-22/h6,8,11,13-14,16-17,20,22H,4-5,7,9-10,12,15,18H2,1-3H3,(H,30,34). The summed E-state index contributed by atoms with van der Waals surface area (Å²) in [6, 6.07) is 11.8. The first-order valence-corrected chi connectivity index (χ1v) is 15.1. The molecule has 37 heavy (non-hydrogen) atoms. The summed E-state index contributed by atoms with van der Waals surface area (Å²) in [5, 5.41) is 3.86. The van der Waals surface area contributed by atoms with Crippen molar-refractivity contribution in [3.63, 3.8) is 0 Å². The molecule has 0 saturated heterocycles. The normalized spacial score (nSPS) is 14.8. The van der Waals surface area contributed by atoms with Crippen molar-refractivity contribution in [1.82, 2.24) is 10.2 Å². The molecule has 0 aromatic heterocycles. The third-order valence-electron chi connectivity index (χ3n) is 6.65. The van der Waals surface area contributed by atoms with Crippen molar-refractivity contribution in [1.29, 1.82) is 0 Å². The van der Waals surface area contributed by atoms with Crippen LogP contribution >= 0.6 is 23.2 Å². The van der Waals surface area contributed by atoms with Crippen LogP contribution in [-0.2, 0) is 26.2 Å². The summed E-state index contributed by atoms with van der Waals surface area (Å²) in [5.41, 5.74) is 2.25. The fourth-order valence-corrected chi connectivity index (χ4v) is 5.87. The zero-order valence-electron chi connectivity index (χ0n) is 21.5. The van der Waals surface area contributed by atoms with Crippen LogP contribution in [-0.4, -0.2) is 50.0 Å². The van der Waals surface area contributed by atoms with Gasteiger partial charge in [-0.25, -0.2) is 8.42 Å². The second kappa shape index (κ2) is 13.0. The number of halogens is 2. The number of carbonyl (C=O) groups is 2. The molecular weight excluding hydrogens is 533 g/mol. The van der Waals surface area contributed by atoms with E-state index in [1.165, 1.54) is 9.21 Å². The number of rotatable bonds is 11. The Kier molecular flexibility index (Phi) is 10.3. The number of hydrogen-bond acceptors (Lipinski definition) is 4. The van der Waals surface area contributed by atoms with Gasteiger partial charge in [-0.15, -0.1) is 0 Å². The zero-order valence-corrected chi connectivity index (χ0v) is 23.9. The topological polar surface area (TPSA) is 86.8 Å². The summed E-state index contributed by atoms with van der Waals surface area (Å²) in [6.45, 7) is 3.95. The molecule has 2 amide bonds. The Morgan fingerprint density at radius 1 is 1.08 bits per heavy atom. The lowest BCUT2D eigenvalue weighted by Crippen LogP contribution is -2.49. The first-order valence-electron chi connectivity index (χ1n) is 12.5. The largest absolute Gasteiger partial charge is 0.352 e. The minimum atomic E-state index is -3.54. The number of hydrogen-bond donors (Lipinski definition) is 1. The van der Waals surface area contributed by atoms with Gasteiger partial charge in [-0.05, 0) is 68.5 Å². The molecule has 7 nitrogen and oxygen atoms in total. The van der Waals surface area contributed by atoms with E-state index in [9.17, 15) is 18.0 Å². The Hall–Kier alpha value is -2.29. The van der Waals surface area contributed by atoms with E-state index in [-0.39, 0.29) is 37.4 Å². The number of benzene rings is 2. The molecule has 0 heterocycles. The fourth-order valence-electron chi connectivity index (χ4n) is 4.60. The van der Waals surface area contributed by atoms with E-state index in [0.717, 1.165) is 43.1 Å². The molecule has 1 saturated carbocycles. The van der Waals surface area contributed by atoms with Gasteiger partial charge in [0.2, 0.25) is 21.8 Å². The summed E-state index contributed by atoms with van der Waals surface area (Å²) in [5.74, 6) is -0.435. The van der Waals surface area contributed by atoms with Crippen LogP contribution in [0.3, 0.4) is 0 Å². The van der Waals surface area contributed by atoms with Crippen LogP contribution in [0.1, 0.15) is 56.6 Å². The molecule has 2 aromatic rings. The molecule has 0 bridgehead atoms. The second-order valence-corrected chi connectivity index (χ2v) is 12.4. The maximum atomic E-state index is 13.4. The van der Waals surface area contributed by atoms with Gasteiger partial charge >= 0.3 is 0 Å². The number of anilines is 1. The third-order valence-corrected chi connectivity index (χ3v) is 8.58. The van der Waals surface area contributed by atoms with Crippen molar-refractivity contribution in [3.8, 4) is 0 Å². The number of nitrogens with zero attached hydrogens (tertiary/aromatic N) is 2. The highest BCUT2D eigenvalue weighted by Crippen LogP contribution is 2.25. The van der Waals surface area contributed by atoms with E-state index in [4.69, 9.17) is 23.2 Å². The lowest BCUT2D eigenvalue weighted by atomic mass is 10.1. The van der Waals surface area contributed by atoms with Gasteiger partial charge in [-0.2, -0.15) is 0 Å². The molecule has 202 valence electrons. The average Bonchev–Trinajstić information content (AvgIpc) is 3.34. The van der Waals surface area contributed by atoms with Crippen LogP contribution < -0.4 is 9.62 Å². The molecule has 0 radical (unpaired) electrons. The highest BCUT2D eigenvalue weighted by atomic mass is 35.5. The lowest BCUT2D eigenvalue weighted by Gasteiger charge is -2.30. The van der Waals surface area contributed by atoms with E-state index in [0.29, 0.717) is 22.2 Å². The summed E-state index contributed by atoms with van der Waals surface area (Å²) < 4.78 is 26.3. The van der Waals surface area contributed by atoms with Crippen LogP contribution in [0.2, 0.25) is 10.0 Å². The first-order chi connectivity index (χ1) is 17.5. The Morgan fingerprint density at radius 3 is 2.41 bits per heavy atom. The Balaban J connectivity index is 1.74. The summed E-state index contributed by atoms with van der Waals surface area (Å²) in [6.07, 6.45) is 5.60. The molecule has 2 aromatic carbocycles. The van der Waals surface area contributed by atoms with Gasteiger partial charge in [0, 0.05) is 25.6 Å². The number of nitrogens with one attached hydrogen (secondary N) is 1. The fraction of sp³-hybridized carbons (Fsp3) is 0.481. The maximum absolute atomic E-state index is 13.4. The number of aryl methyl sites for hydroxylation is 1. The SMILES string of the molecule is Cc1cccc(N(CCCC(=O)N(Cc2ccc(Cl)c(Cl)c2)C(C)C(=O)NC2CCCC2)S(C)(=O)=O)c1. The number of amides is 2. The van der Waals surface area contributed by atoms with Gasteiger partial charge in [0.1, 0.15) is 6.04 Å². The molecule has 1 fully saturated rings. The molecule has 1 aliphatic rings. The van der Waals surface area contributed by atoms with Crippen molar-refractivity contribution in [3.05, 3.63) is 63.6 Å². The van der Waals surface area contributed by atoms with Crippen molar-refractivity contribution < 1.29 is 18.0 Å². The quantitative estimate of drug-likeness (QED) is 0.398. The minimum absolute atomic E-state index is 0.0835. The van der Waals surface area contributed by atoms with E-state index < -0.39 is 16.1 Å². The summed E-state index contributed by atoms with van der Waals surface area (Å²) in [7, 11) is -3.54. The average molecular weight is 569 g/mol. The van der Waals surface area contributed by atoms with Crippen LogP contribution in [0.25, 0.3) is 0 Å². The minimum Gasteiger partial charge on any atom is -0.352 e. The number of carbonyl (C=O) groups excluding carboxylic acids is 2. The van der Waals surface area contributed by atoms with E-state index >= 15 is 0 Å². The van der Waals surface area contributed by atoms with E-state index in [1.54, 1.807) is 43.3 Å². The monoisotopic (exact) mass is 567 g/mol. The molecule has 3 rings (SSSR count). The van der Waals surface area contributed by atoms with Crippen molar-refractivity contribution in [2.75, 3.05) is 17.1 Å². The summed E-state index contributed by atoms with van der Waals surface area (Å²) in [4.78, 5) is 28.0. The predicted molar refractivity (Wildman–Crippen MR) is 149 cm³/mol. The van der Waals surface area contributed by atoms with Gasteiger partial charge in [0.15, 0.2) is 0 Å². The van der Waals surface area contributed by atoms with E-state index in [2.05, 4.69) is 5.32 Å². The van der Waals surface area contributed by atoms with Crippen LogP contribution in [0.4, 0.5) is 5.69 Å². The smallest absolute Gasteiger partial charge is 0.242 e.